The zero-order valence-electron chi connectivity index (χ0n) is 9.86. The molecule has 0 amide bonds. The van der Waals surface area contributed by atoms with Crippen LogP contribution in [0.1, 0.15) is 20.3 Å². The minimum atomic E-state index is 0.705. The SMILES string of the molecule is COCCNc1nccn1CCC(C)C. The average Bonchev–Trinajstić information content (AvgIpc) is 2.63. The molecule has 0 fully saturated rings. The Balaban J connectivity index is 2.39. The number of nitrogens with zero attached hydrogens (tertiary/aromatic N) is 2. The second-order valence-electron chi connectivity index (χ2n) is 4.05. The van der Waals surface area contributed by atoms with Crippen LogP contribution in [-0.2, 0) is 11.3 Å². The average molecular weight is 211 g/mol. The van der Waals surface area contributed by atoms with E-state index in [-0.39, 0.29) is 0 Å². The first-order chi connectivity index (χ1) is 7.24. The van der Waals surface area contributed by atoms with E-state index in [1.165, 1.54) is 6.42 Å². The minimum Gasteiger partial charge on any atom is -0.383 e. The molecule has 0 saturated carbocycles. The summed E-state index contributed by atoms with van der Waals surface area (Å²) in [5.74, 6) is 1.66. The highest BCUT2D eigenvalue weighted by atomic mass is 16.5. The first kappa shape index (κ1) is 12.0. The lowest BCUT2D eigenvalue weighted by molar-refractivity contribution is 0.210. The third kappa shape index (κ3) is 4.34. The summed E-state index contributed by atoms with van der Waals surface area (Å²) >= 11 is 0. The molecule has 1 aromatic rings. The zero-order chi connectivity index (χ0) is 11.1. The molecule has 0 unspecified atom stereocenters. The van der Waals surface area contributed by atoms with Crippen LogP contribution in [0.3, 0.4) is 0 Å². The first-order valence-corrected chi connectivity index (χ1v) is 5.48. The number of methoxy groups -OCH3 is 1. The lowest BCUT2D eigenvalue weighted by atomic mass is 10.1. The lowest BCUT2D eigenvalue weighted by Crippen LogP contribution is -2.13. The Bertz CT molecular complexity index is 271. The summed E-state index contributed by atoms with van der Waals surface area (Å²) in [6, 6.07) is 0. The fourth-order valence-electron chi connectivity index (χ4n) is 1.32. The van der Waals surface area contributed by atoms with Crippen molar-refractivity contribution in [3.63, 3.8) is 0 Å². The van der Waals surface area contributed by atoms with Crippen LogP contribution in [0, 0.1) is 5.92 Å². The van der Waals surface area contributed by atoms with Crippen molar-refractivity contribution in [3.8, 4) is 0 Å². The van der Waals surface area contributed by atoms with Crippen molar-refractivity contribution in [2.45, 2.75) is 26.8 Å². The van der Waals surface area contributed by atoms with Gasteiger partial charge >= 0.3 is 0 Å². The van der Waals surface area contributed by atoms with Crippen molar-refractivity contribution in [3.05, 3.63) is 12.4 Å². The highest BCUT2D eigenvalue weighted by Gasteiger charge is 2.02. The van der Waals surface area contributed by atoms with Crippen LogP contribution in [0.5, 0.6) is 0 Å². The molecule has 15 heavy (non-hydrogen) atoms. The maximum atomic E-state index is 4.98. The molecule has 0 saturated heterocycles. The summed E-state index contributed by atoms with van der Waals surface area (Å²) in [6.07, 6.45) is 5.02. The standard InChI is InChI=1S/C11H21N3O/c1-10(2)4-7-14-8-5-12-11(14)13-6-9-15-3/h5,8,10H,4,6-7,9H2,1-3H3,(H,12,13). The largest absolute Gasteiger partial charge is 0.383 e. The van der Waals surface area contributed by atoms with Crippen molar-refractivity contribution < 1.29 is 4.74 Å². The molecule has 0 aromatic carbocycles. The van der Waals surface area contributed by atoms with Crippen molar-refractivity contribution in [2.24, 2.45) is 5.92 Å². The number of anilines is 1. The Hall–Kier alpha value is -1.03. The molecule has 4 nitrogen and oxygen atoms in total. The van der Waals surface area contributed by atoms with E-state index in [1.807, 2.05) is 12.4 Å². The van der Waals surface area contributed by atoms with Gasteiger partial charge in [0.2, 0.25) is 5.95 Å². The number of ether oxygens (including phenoxy) is 1. The maximum Gasteiger partial charge on any atom is 0.202 e. The summed E-state index contributed by atoms with van der Waals surface area (Å²) in [5, 5.41) is 3.24. The predicted molar refractivity (Wildman–Crippen MR) is 62.0 cm³/mol. The first-order valence-electron chi connectivity index (χ1n) is 5.48. The van der Waals surface area contributed by atoms with E-state index in [2.05, 4.69) is 28.7 Å². The second-order valence-corrected chi connectivity index (χ2v) is 4.05. The van der Waals surface area contributed by atoms with Gasteiger partial charge in [0.15, 0.2) is 0 Å². The lowest BCUT2D eigenvalue weighted by Gasteiger charge is -2.10. The van der Waals surface area contributed by atoms with E-state index < -0.39 is 0 Å². The Morgan fingerprint density at radius 2 is 2.33 bits per heavy atom. The highest BCUT2D eigenvalue weighted by Crippen LogP contribution is 2.08. The zero-order valence-corrected chi connectivity index (χ0v) is 9.86. The fourth-order valence-corrected chi connectivity index (χ4v) is 1.32. The summed E-state index contributed by atoms with van der Waals surface area (Å²) < 4.78 is 7.13. The van der Waals surface area contributed by atoms with E-state index in [9.17, 15) is 0 Å². The fraction of sp³-hybridized carbons (Fsp3) is 0.727. The molecule has 0 spiro atoms. The Kier molecular flexibility index (Phi) is 5.18. The topological polar surface area (TPSA) is 39.1 Å². The molecule has 86 valence electrons. The van der Waals surface area contributed by atoms with Crippen molar-refractivity contribution in [2.75, 3.05) is 25.6 Å². The van der Waals surface area contributed by atoms with Gasteiger partial charge in [0, 0.05) is 32.6 Å². The molecule has 1 heterocycles. The number of nitrogens with one attached hydrogen (secondary N) is 1. The molecule has 0 aliphatic carbocycles. The molecule has 0 aliphatic heterocycles. The van der Waals surface area contributed by atoms with Crippen LogP contribution in [0.4, 0.5) is 5.95 Å². The van der Waals surface area contributed by atoms with Crippen LogP contribution in [0.2, 0.25) is 0 Å². The van der Waals surface area contributed by atoms with Gasteiger partial charge < -0.3 is 14.6 Å². The van der Waals surface area contributed by atoms with Gasteiger partial charge in [-0.15, -0.1) is 0 Å². The van der Waals surface area contributed by atoms with E-state index in [0.717, 1.165) is 25.0 Å². The van der Waals surface area contributed by atoms with Gasteiger partial charge in [-0.1, -0.05) is 13.8 Å². The van der Waals surface area contributed by atoms with Crippen LogP contribution in [0.25, 0.3) is 0 Å². The molecular formula is C11H21N3O. The monoisotopic (exact) mass is 211 g/mol. The van der Waals surface area contributed by atoms with Gasteiger partial charge in [-0.25, -0.2) is 4.98 Å². The Morgan fingerprint density at radius 3 is 3.00 bits per heavy atom. The molecule has 0 aliphatic rings. The molecular weight excluding hydrogens is 190 g/mol. The quantitative estimate of drug-likeness (QED) is 0.701. The van der Waals surface area contributed by atoms with Crippen LogP contribution in [-0.4, -0.2) is 29.8 Å². The van der Waals surface area contributed by atoms with Crippen molar-refractivity contribution in [1.29, 1.82) is 0 Å². The number of aromatic nitrogens is 2. The van der Waals surface area contributed by atoms with Gasteiger partial charge in [0.25, 0.3) is 0 Å². The predicted octanol–water partition coefficient (Wildman–Crippen LogP) is 1.99. The summed E-state index contributed by atoms with van der Waals surface area (Å²) in [4.78, 5) is 4.26. The number of aryl methyl sites for hydroxylation is 1. The van der Waals surface area contributed by atoms with E-state index >= 15 is 0 Å². The maximum absolute atomic E-state index is 4.98. The van der Waals surface area contributed by atoms with Gasteiger partial charge in [0.1, 0.15) is 0 Å². The van der Waals surface area contributed by atoms with E-state index in [1.54, 1.807) is 7.11 Å². The van der Waals surface area contributed by atoms with Crippen molar-refractivity contribution in [1.82, 2.24) is 9.55 Å². The normalized spacial score (nSPS) is 10.9. The molecule has 4 heteroatoms. The summed E-state index contributed by atoms with van der Waals surface area (Å²) in [7, 11) is 1.70. The summed E-state index contributed by atoms with van der Waals surface area (Å²) in [6.45, 7) is 6.99. The van der Waals surface area contributed by atoms with Crippen LogP contribution >= 0.6 is 0 Å². The molecule has 1 aromatic heterocycles. The van der Waals surface area contributed by atoms with Gasteiger partial charge in [-0.2, -0.15) is 0 Å². The number of hydrogen-bond acceptors (Lipinski definition) is 3. The number of hydrogen-bond donors (Lipinski definition) is 1. The molecule has 0 radical (unpaired) electrons. The molecule has 1 N–H and O–H groups in total. The van der Waals surface area contributed by atoms with Gasteiger partial charge in [-0.3, -0.25) is 0 Å². The second kappa shape index (κ2) is 6.45. The third-order valence-electron chi connectivity index (χ3n) is 2.25. The van der Waals surface area contributed by atoms with E-state index in [0.29, 0.717) is 6.61 Å². The van der Waals surface area contributed by atoms with Crippen molar-refractivity contribution >= 4 is 5.95 Å². The van der Waals surface area contributed by atoms with E-state index in [4.69, 9.17) is 4.74 Å². The highest BCUT2D eigenvalue weighted by molar-refractivity contribution is 5.25. The van der Waals surface area contributed by atoms with Gasteiger partial charge in [-0.05, 0) is 12.3 Å². The molecule has 1 rings (SSSR count). The summed E-state index contributed by atoms with van der Waals surface area (Å²) in [5.41, 5.74) is 0. The smallest absolute Gasteiger partial charge is 0.202 e. The Labute approximate surface area is 91.7 Å². The van der Waals surface area contributed by atoms with Crippen LogP contribution in [0.15, 0.2) is 12.4 Å². The number of imidazole rings is 1. The molecule has 0 atom stereocenters. The van der Waals surface area contributed by atoms with Gasteiger partial charge in [0.05, 0.1) is 6.61 Å². The minimum absolute atomic E-state index is 0.705. The Morgan fingerprint density at radius 1 is 1.53 bits per heavy atom. The number of rotatable bonds is 7. The third-order valence-corrected chi connectivity index (χ3v) is 2.25. The van der Waals surface area contributed by atoms with Crippen LogP contribution < -0.4 is 5.32 Å². The molecule has 0 bridgehead atoms.